The van der Waals surface area contributed by atoms with Crippen LogP contribution in [0.1, 0.15) is 32.1 Å². The SMILES string of the molecule is C1CCC(CNC2CCNC2)C1. The van der Waals surface area contributed by atoms with Gasteiger partial charge in [-0.1, -0.05) is 12.8 Å². The first-order valence-electron chi connectivity index (χ1n) is 5.39. The maximum absolute atomic E-state index is 3.66. The first-order chi connectivity index (χ1) is 5.95. The number of nitrogens with one attached hydrogen (secondary N) is 2. The third kappa shape index (κ3) is 2.20. The van der Waals surface area contributed by atoms with E-state index in [0.717, 1.165) is 12.0 Å². The van der Waals surface area contributed by atoms with Gasteiger partial charge in [0, 0.05) is 12.6 Å². The summed E-state index contributed by atoms with van der Waals surface area (Å²) in [6.07, 6.45) is 7.19. The van der Waals surface area contributed by atoms with E-state index in [1.807, 2.05) is 0 Å². The molecule has 0 aromatic carbocycles. The van der Waals surface area contributed by atoms with E-state index in [9.17, 15) is 0 Å². The van der Waals surface area contributed by atoms with Gasteiger partial charge in [-0.05, 0) is 38.3 Å². The predicted molar refractivity (Wildman–Crippen MR) is 51.2 cm³/mol. The molecule has 0 radical (unpaired) electrons. The third-order valence-corrected chi connectivity index (χ3v) is 3.23. The molecular formula is C10H20N2. The fourth-order valence-electron chi connectivity index (χ4n) is 2.38. The van der Waals surface area contributed by atoms with Crippen LogP contribution in [0, 0.1) is 5.92 Å². The lowest BCUT2D eigenvalue weighted by atomic mass is 10.1. The van der Waals surface area contributed by atoms with Crippen LogP contribution in [0.3, 0.4) is 0 Å². The summed E-state index contributed by atoms with van der Waals surface area (Å²) in [5.74, 6) is 0.991. The van der Waals surface area contributed by atoms with E-state index in [2.05, 4.69) is 10.6 Å². The van der Waals surface area contributed by atoms with E-state index in [4.69, 9.17) is 0 Å². The average Bonchev–Trinajstić information content (AvgIpc) is 2.74. The van der Waals surface area contributed by atoms with Gasteiger partial charge in [-0.3, -0.25) is 0 Å². The van der Waals surface area contributed by atoms with E-state index in [-0.39, 0.29) is 0 Å². The lowest BCUT2D eigenvalue weighted by molar-refractivity contribution is 0.444. The highest BCUT2D eigenvalue weighted by Gasteiger charge is 2.18. The maximum Gasteiger partial charge on any atom is 0.0204 e. The molecule has 12 heavy (non-hydrogen) atoms. The third-order valence-electron chi connectivity index (χ3n) is 3.23. The van der Waals surface area contributed by atoms with Crippen molar-refractivity contribution in [3.8, 4) is 0 Å². The quantitative estimate of drug-likeness (QED) is 0.660. The van der Waals surface area contributed by atoms with Crippen molar-refractivity contribution in [2.24, 2.45) is 5.92 Å². The Balaban J connectivity index is 1.60. The van der Waals surface area contributed by atoms with E-state index in [1.165, 1.54) is 51.7 Å². The van der Waals surface area contributed by atoms with Crippen LogP contribution in [0.5, 0.6) is 0 Å². The molecule has 2 rings (SSSR count). The fourth-order valence-corrected chi connectivity index (χ4v) is 2.38. The van der Waals surface area contributed by atoms with Crippen LogP contribution < -0.4 is 10.6 Å². The largest absolute Gasteiger partial charge is 0.315 e. The molecule has 2 fully saturated rings. The Hall–Kier alpha value is -0.0800. The molecule has 2 heteroatoms. The van der Waals surface area contributed by atoms with Gasteiger partial charge in [0.25, 0.3) is 0 Å². The Labute approximate surface area is 75.1 Å². The highest BCUT2D eigenvalue weighted by atomic mass is 15.0. The lowest BCUT2D eigenvalue weighted by Crippen LogP contribution is -2.34. The molecule has 1 saturated heterocycles. The van der Waals surface area contributed by atoms with Gasteiger partial charge in [-0.15, -0.1) is 0 Å². The first-order valence-corrected chi connectivity index (χ1v) is 5.39. The molecule has 1 saturated carbocycles. The highest BCUT2D eigenvalue weighted by Crippen LogP contribution is 2.23. The molecule has 0 aromatic heterocycles. The minimum Gasteiger partial charge on any atom is -0.315 e. The molecular weight excluding hydrogens is 148 g/mol. The van der Waals surface area contributed by atoms with E-state index >= 15 is 0 Å². The van der Waals surface area contributed by atoms with Crippen LogP contribution in [0.15, 0.2) is 0 Å². The van der Waals surface area contributed by atoms with Crippen molar-refractivity contribution in [2.75, 3.05) is 19.6 Å². The first kappa shape index (κ1) is 8.52. The molecule has 0 bridgehead atoms. The van der Waals surface area contributed by atoms with Crippen molar-refractivity contribution in [3.63, 3.8) is 0 Å². The second-order valence-electron chi connectivity index (χ2n) is 4.25. The Bertz CT molecular complexity index is 108. The van der Waals surface area contributed by atoms with Crippen molar-refractivity contribution >= 4 is 0 Å². The van der Waals surface area contributed by atoms with Crippen molar-refractivity contribution in [1.82, 2.24) is 10.6 Å². The monoisotopic (exact) mass is 168 g/mol. The zero-order chi connectivity index (χ0) is 8.23. The number of hydrogen-bond acceptors (Lipinski definition) is 2. The van der Waals surface area contributed by atoms with Crippen LogP contribution in [0.4, 0.5) is 0 Å². The van der Waals surface area contributed by atoms with Crippen LogP contribution in [0.2, 0.25) is 0 Å². The van der Waals surface area contributed by atoms with Gasteiger partial charge in [0.05, 0.1) is 0 Å². The van der Waals surface area contributed by atoms with Crippen LogP contribution in [-0.4, -0.2) is 25.7 Å². The topological polar surface area (TPSA) is 24.1 Å². The summed E-state index contributed by atoms with van der Waals surface area (Å²) < 4.78 is 0. The van der Waals surface area contributed by atoms with Gasteiger partial charge in [-0.25, -0.2) is 0 Å². The van der Waals surface area contributed by atoms with Gasteiger partial charge in [0.1, 0.15) is 0 Å². The zero-order valence-electron chi connectivity index (χ0n) is 7.81. The molecule has 1 aliphatic carbocycles. The highest BCUT2D eigenvalue weighted by molar-refractivity contribution is 4.79. The molecule has 2 nitrogen and oxygen atoms in total. The Morgan fingerprint density at radius 1 is 1.17 bits per heavy atom. The Morgan fingerprint density at radius 2 is 2.00 bits per heavy atom. The molecule has 2 N–H and O–H groups in total. The van der Waals surface area contributed by atoms with Gasteiger partial charge in [0.2, 0.25) is 0 Å². The van der Waals surface area contributed by atoms with Crippen molar-refractivity contribution in [3.05, 3.63) is 0 Å². The standard InChI is InChI=1S/C10H20N2/c1-2-4-9(3-1)7-12-10-5-6-11-8-10/h9-12H,1-8H2. The minimum absolute atomic E-state index is 0.769. The smallest absolute Gasteiger partial charge is 0.0204 e. The summed E-state index contributed by atoms with van der Waals surface area (Å²) in [7, 11) is 0. The zero-order valence-corrected chi connectivity index (χ0v) is 7.81. The summed E-state index contributed by atoms with van der Waals surface area (Å²) in [6.45, 7) is 3.67. The molecule has 2 aliphatic rings. The summed E-state index contributed by atoms with van der Waals surface area (Å²) in [5, 5.41) is 7.05. The fraction of sp³-hybridized carbons (Fsp3) is 1.00. The summed E-state index contributed by atoms with van der Waals surface area (Å²) in [4.78, 5) is 0. The van der Waals surface area contributed by atoms with Gasteiger partial charge in [-0.2, -0.15) is 0 Å². The normalized spacial score (nSPS) is 31.5. The average molecular weight is 168 g/mol. The molecule has 1 aliphatic heterocycles. The maximum atomic E-state index is 3.66. The van der Waals surface area contributed by atoms with E-state index in [0.29, 0.717) is 0 Å². The van der Waals surface area contributed by atoms with Crippen LogP contribution in [0.25, 0.3) is 0 Å². The van der Waals surface area contributed by atoms with Crippen molar-refractivity contribution < 1.29 is 0 Å². The summed E-state index contributed by atoms with van der Waals surface area (Å²) >= 11 is 0. The number of rotatable bonds is 3. The Morgan fingerprint density at radius 3 is 2.67 bits per heavy atom. The molecule has 0 amide bonds. The van der Waals surface area contributed by atoms with Crippen molar-refractivity contribution in [2.45, 2.75) is 38.1 Å². The minimum atomic E-state index is 0.769. The van der Waals surface area contributed by atoms with Gasteiger partial charge >= 0.3 is 0 Å². The predicted octanol–water partition coefficient (Wildman–Crippen LogP) is 1.13. The second-order valence-corrected chi connectivity index (χ2v) is 4.25. The summed E-state index contributed by atoms with van der Waals surface area (Å²) in [6, 6.07) is 0.769. The van der Waals surface area contributed by atoms with Crippen LogP contribution in [-0.2, 0) is 0 Å². The lowest BCUT2D eigenvalue weighted by Gasteiger charge is -2.14. The van der Waals surface area contributed by atoms with Crippen LogP contribution >= 0.6 is 0 Å². The number of hydrogen-bond donors (Lipinski definition) is 2. The van der Waals surface area contributed by atoms with Gasteiger partial charge < -0.3 is 10.6 Å². The van der Waals surface area contributed by atoms with Crippen molar-refractivity contribution in [1.29, 1.82) is 0 Å². The molecule has 1 unspecified atom stereocenters. The molecule has 0 spiro atoms. The molecule has 70 valence electrons. The molecule has 0 aromatic rings. The second kappa shape index (κ2) is 4.24. The van der Waals surface area contributed by atoms with E-state index < -0.39 is 0 Å². The Kier molecular flexibility index (Phi) is 3.01. The summed E-state index contributed by atoms with van der Waals surface area (Å²) in [5.41, 5.74) is 0. The molecule has 1 heterocycles. The van der Waals surface area contributed by atoms with Gasteiger partial charge in [0.15, 0.2) is 0 Å². The van der Waals surface area contributed by atoms with E-state index in [1.54, 1.807) is 0 Å². The molecule has 1 atom stereocenters.